The van der Waals surface area contributed by atoms with Gasteiger partial charge in [-0.05, 0) is 25.3 Å². The molecule has 0 bridgehead atoms. The van der Waals surface area contributed by atoms with Crippen LogP contribution in [0.1, 0.15) is 36.8 Å². The number of hydrogen-bond acceptors (Lipinski definition) is 3. The summed E-state index contributed by atoms with van der Waals surface area (Å²) in [7, 11) is 0. The Balaban J connectivity index is 1.68. The van der Waals surface area contributed by atoms with Gasteiger partial charge in [0, 0.05) is 25.0 Å². The van der Waals surface area contributed by atoms with E-state index in [1.807, 2.05) is 0 Å². The molecule has 120 valence electrons. The summed E-state index contributed by atoms with van der Waals surface area (Å²) in [6.07, 6.45) is 4.45. The summed E-state index contributed by atoms with van der Waals surface area (Å²) >= 11 is 0. The van der Waals surface area contributed by atoms with Gasteiger partial charge < -0.3 is 15.4 Å². The van der Waals surface area contributed by atoms with Gasteiger partial charge in [0.15, 0.2) is 0 Å². The molecule has 4 heteroatoms. The number of rotatable bonds is 4. The maximum atomic E-state index is 12.3. The maximum absolute atomic E-state index is 12.3. The minimum atomic E-state index is -0.343. The topological polar surface area (TPSA) is 50.4 Å². The van der Waals surface area contributed by atoms with Crippen molar-refractivity contribution in [2.45, 2.75) is 44.1 Å². The fraction of sp³-hybridized carbons (Fsp3) is 0.611. The lowest BCUT2D eigenvalue weighted by Crippen LogP contribution is -2.50. The second kappa shape index (κ2) is 6.80. The molecule has 1 unspecified atom stereocenters. The summed E-state index contributed by atoms with van der Waals surface area (Å²) in [6, 6.07) is 8.74. The van der Waals surface area contributed by atoms with Crippen LogP contribution in [0.2, 0.25) is 0 Å². The number of amides is 1. The highest BCUT2D eigenvalue weighted by Crippen LogP contribution is 2.40. The average molecular weight is 302 g/mol. The van der Waals surface area contributed by atoms with Gasteiger partial charge in [-0.1, -0.05) is 42.7 Å². The summed E-state index contributed by atoms with van der Waals surface area (Å²) in [5, 5.41) is 6.36. The molecule has 2 aliphatic rings. The Morgan fingerprint density at radius 3 is 2.91 bits per heavy atom. The highest BCUT2D eigenvalue weighted by atomic mass is 16.5. The summed E-state index contributed by atoms with van der Waals surface area (Å²) in [5.74, 6) is 0.0196. The van der Waals surface area contributed by atoms with Crippen LogP contribution in [0.5, 0.6) is 0 Å². The molecule has 1 atom stereocenters. The number of ether oxygens (including phenoxy) is 1. The molecule has 0 radical (unpaired) electrons. The van der Waals surface area contributed by atoms with Crippen molar-refractivity contribution in [2.75, 3.05) is 26.2 Å². The largest absolute Gasteiger partial charge is 0.366 e. The zero-order valence-corrected chi connectivity index (χ0v) is 13.4. The van der Waals surface area contributed by atoms with Crippen LogP contribution in [0.4, 0.5) is 0 Å². The second-order valence-electron chi connectivity index (χ2n) is 6.64. The van der Waals surface area contributed by atoms with Crippen LogP contribution in [0.15, 0.2) is 24.3 Å². The van der Waals surface area contributed by atoms with Gasteiger partial charge in [0.1, 0.15) is 6.10 Å². The van der Waals surface area contributed by atoms with Crippen molar-refractivity contribution in [1.29, 1.82) is 0 Å². The Morgan fingerprint density at radius 2 is 2.23 bits per heavy atom. The molecule has 1 aliphatic carbocycles. The van der Waals surface area contributed by atoms with Gasteiger partial charge in [0.2, 0.25) is 5.91 Å². The summed E-state index contributed by atoms with van der Waals surface area (Å²) < 4.78 is 5.54. The van der Waals surface area contributed by atoms with Crippen molar-refractivity contribution in [3.63, 3.8) is 0 Å². The van der Waals surface area contributed by atoms with Gasteiger partial charge in [0.05, 0.1) is 6.61 Å². The van der Waals surface area contributed by atoms with E-state index in [1.54, 1.807) is 0 Å². The van der Waals surface area contributed by atoms with Gasteiger partial charge in [-0.3, -0.25) is 4.79 Å². The van der Waals surface area contributed by atoms with Crippen molar-refractivity contribution in [3.8, 4) is 0 Å². The third-order valence-corrected chi connectivity index (χ3v) is 5.01. The molecule has 0 aromatic heterocycles. The molecular weight excluding hydrogens is 276 g/mol. The zero-order valence-electron chi connectivity index (χ0n) is 13.4. The zero-order chi connectivity index (χ0) is 15.4. The first-order chi connectivity index (χ1) is 10.7. The Kier molecular flexibility index (Phi) is 4.79. The molecule has 1 heterocycles. The highest BCUT2D eigenvalue weighted by molar-refractivity contribution is 5.81. The van der Waals surface area contributed by atoms with Crippen LogP contribution in [-0.4, -0.2) is 38.3 Å². The predicted molar refractivity (Wildman–Crippen MR) is 86.9 cm³/mol. The van der Waals surface area contributed by atoms with E-state index in [0.29, 0.717) is 13.2 Å². The first-order valence-corrected chi connectivity index (χ1v) is 8.37. The van der Waals surface area contributed by atoms with Gasteiger partial charge in [-0.2, -0.15) is 0 Å². The quantitative estimate of drug-likeness (QED) is 0.893. The second-order valence-corrected chi connectivity index (χ2v) is 6.64. The van der Waals surface area contributed by atoms with E-state index in [2.05, 4.69) is 41.8 Å². The third kappa shape index (κ3) is 3.33. The molecule has 1 aromatic carbocycles. The van der Waals surface area contributed by atoms with Crippen molar-refractivity contribution >= 4 is 5.91 Å². The van der Waals surface area contributed by atoms with Gasteiger partial charge in [-0.25, -0.2) is 0 Å². The van der Waals surface area contributed by atoms with E-state index in [1.165, 1.54) is 24.0 Å². The van der Waals surface area contributed by atoms with Crippen molar-refractivity contribution in [1.82, 2.24) is 10.6 Å². The standard InChI is InChI=1S/C18H26N2O2/c1-14-5-4-6-15(11-14)18(7-2-3-8-18)13-20-17(21)16-12-19-9-10-22-16/h4-6,11,16,19H,2-3,7-10,12-13H2,1H3,(H,20,21). The average Bonchev–Trinajstić information content (AvgIpc) is 3.04. The number of carbonyl (C=O) groups is 1. The lowest BCUT2D eigenvalue weighted by atomic mass is 9.78. The van der Waals surface area contributed by atoms with E-state index in [4.69, 9.17) is 4.74 Å². The van der Waals surface area contributed by atoms with E-state index in [-0.39, 0.29) is 17.4 Å². The summed E-state index contributed by atoms with van der Waals surface area (Å²) in [6.45, 7) is 4.91. The minimum Gasteiger partial charge on any atom is -0.366 e. The van der Waals surface area contributed by atoms with Crippen LogP contribution in [0.3, 0.4) is 0 Å². The van der Waals surface area contributed by atoms with Gasteiger partial charge >= 0.3 is 0 Å². The normalized spacial score (nSPS) is 24.1. The molecule has 1 aromatic rings. The van der Waals surface area contributed by atoms with E-state index < -0.39 is 0 Å². The van der Waals surface area contributed by atoms with Gasteiger partial charge in [-0.15, -0.1) is 0 Å². The Labute approximate surface area is 132 Å². The van der Waals surface area contributed by atoms with Gasteiger partial charge in [0.25, 0.3) is 0 Å². The smallest absolute Gasteiger partial charge is 0.250 e. The van der Waals surface area contributed by atoms with Crippen LogP contribution in [0, 0.1) is 6.92 Å². The monoisotopic (exact) mass is 302 g/mol. The number of morpholine rings is 1. The van der Waals surface area contributed by atoms with Crippen LogP contribution < -0.4 is 10.6 Å². The van der Waals surface area contributed by atoms with Crippen LogP contribution in [-0.2, 0) is 14.9 Å². The van der Waals surface area contributed by atoms with E-state index >= 15 is 0 Å². The molecule has 22 heavy (non-hydrogen) atoms. The Hall–Kier alpha value is -1.39. The van der Waals surface area contributed by atoms with Crippen molar-refractivity contribution in [3.05, 3.63) is 35.4 Å². The van der Waals surface area contributed by atoms with E-state index in [0.717, 1.165) is 25.9 Å². The molecule has 1 aliphatic heterocycles. The fourth-order valence-corrected chi connectivity index (χ4v) is 3.70. The SMILES string of the molecule is Cc1cccc(C2(CNC(=O)C3CNCCO3)CCCC2)c1. The lowest BCUT2D eigenvalue weighted by molar-refractivity contribution is -0.134. The molecule has 1 saturated carbocycles. The maximum Gasteiger partial charge on any atom is 0.250 e. The van der Waals surface area contributed by atoms with Crippen molar-refractivity contribution < 1.29 is 9.53 Å². The molecule has 0 spiro atoms. The van der Waals surface area contributed by atoms with E-state index in [9.17, 15) is 4.79 Å². The number of benzene rings is 1. The molecule has 4 nitrogen and oxygen atoms in total. The lowest BCUT2D eigenvalue weighted by Gasteiger charge is -2.31. The Bertz CT molecular complexity index is 518. The van der Waals surface area contributed by atoms with Crippen LogP contribution >= 0.6 is 0 Å². The molecular formula is C18H26N2O2. The third-order valence-electron chi connectivity index (χ3n) is 5.01. The number of hydrogen-bond donors (Lipinski definition) is 2. The van der Waals surface area contributed by atoms with Crippen molar-refractivity contribution in [2.24, 2.45) is 0 Å². The highest BCUT2D eigenvalue weighted by Gasteiger charge is 2.36. The number of aryl methyl sites for hydroxylation is 1. The predicted octanol–water partition coefficient (Wildman–Crippen LogP) is 1.91. The first kappa shape index (κ1) is 15.5. The first-order valence-electron chi connectivity index (χ1n) is 8.37. The molecule has 1 amide bonds. The molecule has 1 saturated heterocycles. The number of nitrogens with one attached hydrogen (secondary N) is 2. The summed E-state index contributed by atoms with van der Waals surface area (Å²) in [5.41, 5.74) is 2.76. The fourth-order valence-electron chi connectivity index (χ4n) is 3.70. The number of carbonyl (C=O) groups excluding carboxylic acids is 1. The molecule has 2 fully saturated rings. The molecule has 3 rings (SSSR count). The molecule has 2 N–H and O–H groups in total. The summed E-state index contributed by atoms with van der Waals surface area (Å²) in [4.78, 5) is 12.3. The van der Waals surface area contributed by atoms with Crippen LogP contribution in [0.25, 0.3) is 0 Å². The Morgan fingerprint density at radius 1 is 1.41 bits per heavy atom. The minimum absolute atomic E-state index is 0.0196.